The minimum atomic E-state index is -0.0181. The normalized spacial score (nSPS) is 24.6. The Morgan fingerprint density at radius 1 is 1.41 bits per heavy atom. The number of nitrogens with zero attached hydrogens (tertiary/aromatic N) is 1. The fraction of sp³-hybridized carbons (Fsp3) is 0.667. The Hall–Kier alpha value is -0.940. The minimum Gasteiger partial charge on any atom is -0.347 e. The average Bonchev–Trinajstić information content (AvgIpc) is 2.61. The first-order chi connectivity index (χ1) is 8.08. The van der Waals surface area contributed by atoms with Gasteiger partial charge in [-0.1, -0.05) is 12.8 Å². The summed E-state index contributed by atoms with van der Waals surface area (Å²) >= 11 is 1.45. The third kappa shape index (κ3) is 2.84. The predicted octanol–water partition coefficient (Wildman–Crippen LogP) is 1.76. The molecular weight excluding hydrogens is 234 g/mol. The van der Waals surface area contributed by atoms with Crippen LogP contribution in [-0.2, 0) is 0 Å². The molecule has 2 atom stereocenters. The number of rotatable bonds is 2. The number of hydrogen-bond acceptors (Lipinski definition) is 4. The molecule has 0 aliphatic heterocycles. The summed E-state index contributed by atoms with van der Waals surface area (Å²) in [6, 6.07) is 0.222. The molecule has 0 spiro atoms. The van der Waals surface area contributed by atoms with Gasteiger partial charge >= 0.3 is 0 Å². The van der Waals surface area contributed by atoms with Crippen molar-refractivity contribution in [1.29, 1.82) is 0 Å². The molecule has 17 heavy (non-hydrogen) atoms. The molecule has 1 aliphatic rings. The number of aryl methyl sites for hydroxylation is 2. The third-order valence-electron chi connectivity index (χ3n) is 3.25. The van der Waals surface area contributed by atoms with Crippen LogP contribution in [0.1, 0.15) is 46.1 Å². The Morgan fingerprint density at radius 2 is 2.12 bits per heavy atom. The van der Waals surface area contributed by atoms with Crippen LogP contribution in [0.3, 0.4) is 0 Å². The zero-order chi connectivity index (χ0) is 12.4. The molecule has 2 unspecified atom stereocenters. The Balaban J connectivity index is 2.03. The molecule has 1 aromatic rings. The molecular formula is C12H19N3OS. The van der Waals surface area contributed by atoms with E-state index < -0.39 is 0 Å². The molecule has 4 nitrogen and oxygen atoms in total. The summed E-state index contributed by atoms with van der Waals surface area (Å²) in [7, 11) is 0. The number of nitrogens with one attached hydrogen (secondary N) is 1. The van der Waals surface area contributed by atoms with Gasteiger partial charge in [0.1, 0.15) is 4.88 Å². The zero-order valence-electron chi connectivity index (χ0n) is 10.3. The Morgan fingerprint density at radius 3 is 2.71 bits per heavy atom. The third-order valence-corrected chi connectivity index (χ3v) is 4.32. The van der Waals surface area contributed by atoms with Gasteiger partial charge in [0.25, 0.3) is 5.91 Å². The Kier molecular flexibility index (Phi) is 3.79. The van der Waals surface area contributed by atoms with E-state index in [1.807, 2.05) is 13.8 Å². The van der Waals surface area contributed by atoms with E-state index in [-0.39, 0.29) is 18.0 Å². The second-order valence-electron chi connectivity index (χ2n) is 4.68. The maximum atomic E-state index is 12.1. The van der Waals surface area contributed by atoms with Crippen LogP contribution in [0.15, 0.2) is 0 Å². The fourth-order valence-electron chi connectivity index (χ4n) is 2.31. The van der Waals surface area contributed by atoms with Crippen molar-refractivity contribution >= 4 is 17.2 Å². The molecule has 0 radical (unpaired) electrons. The second-order valence-corrected chi connectivity index (χ2v) is 5.88. The average molecular weight is 253 g/mol. The number of carbonyl (C=O) groups excluding carboxylic acids is 1. The van der Waals surface area contributed by atoms with Crippen molar-refractivity contribution in [2.75, 3.05) is 0 Å². The van der Waals surface area contributed by atoms with Crippen LogP contribution in [0, 0.1) is 13.8 Å². The van der Waals surface area contributed by atoms with Crippen molar-refractivity contribution in [3.8, 4) is 0 Å². The van der Waals surface area contributed by atoms with E-state index in [2.05, 4.69) is 10.3 Å². The molecule has 0 saturated heterocycles. The highest BCUT2D eigenvalue weighted by Crippen LogP contribution is 2.20. The molecule has 5 heteroatoms. The summed E-state index contributed by atoms with van der Waals surface area (Å²) in [6.45, 7) is 3.79. The van der Waals surface area contributed by atoms with Gasteiger partial charge in [0, 0.05) is 12.1 Å². The molecule has 1 amide bonds. The SMILES string of the molecule is Cc1nc(C)c(C(=O)NC2CCCCC2N)s1. The summed E-state index contributed by atoms with van der Waals surface area (Å²) in [4.78, 5) is 17.1. The van der Waals surface area contributed by atoms with E-state index in [1.165, 1.54) is 17.8 Å². The van der Waals surface area contributed by atoms with Crippen molar-refractivity contribution in [1.82, 2.24) is 10.3 Å². The molecule has 1 aromatic heterocycles. The fourth-order valence-corrected chi connectivity index (χ4v) is 3.14. The van der Waals surface area contributed by atoms with E-state index >= 15 is 0 Å². The van der Waals surface area contributed by atoms with E-state index in [0.717, 1.165) is 34.8 Å². The van der Waals surface area contributed by atoms with E-state index in [0.29, 0.717) is 0 Å². The summed E-state index contributed by atoms with van der Waals surface area (Å²) in [5, 5.41) is 3.98. The molecule has 94 valence electrons. The molecule has 1 fully saturated rings. The molecule has 2 rings (SSSR count). The molecule has 1 saturated carbocycles. The molecule has 1 aliphatic carbocycles. The van der Waals surface area contributed by atoms with E-state index in [1.54, 1.807) is 0 Å². The smallest absolute Gasteiger partial charge is 0.263 e. The lowest BCUT2D eigenvalue weighted by Crippen LogP contribution is -2.49. The molecule has 0 aromatic carbocycles. The number of nitrogens with two attached hydrogens (primary N) is 1. The summed E-state index contributed by atoms with van der Waals surface area (Å²) in [5.74, 6) is -0.0181. The lowest BCUT2D eigenvalue weighted by atomic mass is 9.91. The second kappa shape index (κ2) is 5.14. The van der Waals surface area contributed by atoms with E-state index in [9.17, 15) is 4.79 Å². The molecule has 1 heterocycles. The first-order valence-corrected chi connectivity index (χ1v) is 6.90. The highest BCUT2D eigenvalue weighted by atomic mass is 32.1. The summed E-state index contributed by atoms with van der Waals surface area (Å²) in [5.41, 5.74) is 6.84. The van der Waals surface area contributed by atoms with Crippen molar-refractivity contribution in [3.63, 3.8) is 0 Å². The van der Waals surface area contributed by atoms with Crippen LogP contribution in [-0.4, -0.2) is 23.0 Å². The standard InChI is InChI=1S/C12H19N3OS/c1-7-11(17-8(2)14-7)12(16)15-10-6-4-3-5-9(10)13/h9-10H,3-6,13H2,1-2H3,(H,15,16). The van der Waals surface area contributed by atoms with Gasteiger partial charge in [-0.2, -0.15) is 0 Å². The quantitative estimate of drug-likeness (QED) is 0.844. The monoisotopic (exact) mass is 253 g/mol. The summed E-state index contributed by atoms with van der Waals surface area (Å²) in [6.07, 6.45) is 4.32. The highest BCUT2D eigenvalue weighted by Gasteiger charge is 2.25. The maximum absolute atomic E-state index is 12.1. The molecule has 0 bridgehead atoms. The van der Waals surface area contributed by atoms with Gasteiger partial charge in [-0.15, -0.1) is 11.3 Å². The minimum absolute atomic E-state index is 0.0181. The number of amides is 1. The lowest BCUT2D eigenvalue weighted by Gasteiger charge is -2.29. The predicted molar refractivity (Wildman–Crippen MR) is 69.3 cm³/mol. The number of hydrogen-bond donors (Lipinski definition) is 2. The summed E-state index contributed by atoms with van der Waals surface area (Å²) < 4.78 is 0. The van der Waals surface area contributed by atoms with Gasteiger partial charge in [-0.3, -0.25) is 4.79 Å². The van der Waals surface area contributed by atoms with Crippen molar-refractivity contribution < 1.29 is 4.79 Å². The van der Waals surface area contributed by atoms with Gasteiger partial charge in [-0.25, -0.2) is 4.98 Å². The Labute approximate surface area is 106 Å². The van der Waals surface area contributed by atoms with Crippen LogP contribution in [0.4, 0.5) is 0 Å². The van der Waals surface area contributed by atoms with Gasteiger partial charge < -0.3 is 11.1 Å². The van der Waals surface area contributed by atoms with Crippen molar-refractivity contribution in [3.05, 3.63) is 15.6 Å². The number of carbonyl (C=O) groups is 1. The van der Waals surface area contributed by atoms with Gasteiger partial charge in [0.05, 0.1) is 10.7 Å². The Bertz CT molecular complexity index is 416. The largest absolute Gasteiger partial charge is 0.347 e. The van der Waals surface area contributed by atoms with E-state index in [4.69, 9.17) is 5.73 Å². The number of aromatic nitrogens is 1. The van der Waals surface area contributed by atoms with Crippen LogP contribution >= 0.6 is 11.3 Å². The topological polar surface area (TPSA) is 68.0 Å². The van der Waals surface area contributed by atoms with Crippen LogP contribution in [0.2, 0.25) is 0 Å². The lowest BCUT2D eigenvalue weighted by molar-refractivity contribution is 0.0924. The van der Waals surface area contributed by atoms with Gasteiger partial charge in [0.2, 0.25) is 0 Å². The first kappa shape index (κ1) is 12.5. The van der Waals surface area contributed by atoms with Crippen LogP contribution < -0.4 is 11.1 Å². The number of thiazole rings is 1. The van der Waals surface area contributed by atoms with Crippen molar-refractivity contribution in [2.24, 2.45) is 5.73 Å². The zero-order valence-corrected chi connectivity index (χ0v) is 11.1. The first-order valence-electron chi connectivity index (χ1n) is 6.08. The van der Waals surface area contributed by atoms with Crippen LogP contribution in [0.25, 0.3) is 0 Å². The molecule has 3 N–H and O–H groups in total. The van der Waals surface area contributed by atoms with Crippen LogP contribution in [0.5, 0.6) is 0 Å². The van der Waals surface area contributed by atoms with Gasteiger partial charge in [-0.05, 0) is 26.7 Å². The maximum Gasteiger partial charge on any atom is 0.263 e. The van der Waals surface area contributed by atoms with Gasteiger partial charge in [0.15, 0.2) is 0 Å². The van der Waals surface area contributed by atoms with Crippen molar-refractivity contribution in [2.45, 2.75) is 51.6 Å². The highest BCUT2D eigenvalue weighted by molar-refractivity contribution is 7.13.